The molecule has 0 radical (unpaired) electrons. The number of hydrogen-bond acceptors (Lipinski definition) is 5. The van der Waals surface area contributed by atoms with E-state index in [1.165, 1.54) is 6.42 Å². The molecule has 1 aliphatic rings. The highest BCUT2D eigenvalue weighted by molar-refractivity contribution is 7.92. The number of amides is 2. The fourth-order valence-electron chi connectivity index (χ4n) is 5.27. The lowest BCUT2D eigenvalue weighted by atomic mass is 9.96. The molecule has 0 aliphatic heterocycles. The number of H-pyrrole nitrogens is 1. The van der Waals surface area contributed by atoms with E-state index in [9.17, 15) is 18.0 Å². The van der Waals surface area contributed by atoms with Gasteiger partial charge in [0.25, 0.3) is 0 Å². The van der Waals surface area contributed by atoms with Gasteiger partial charge in [-0.1, -0.05) is 49.1 Å². The Morgan fingerprint density at radius 1 is 1.07 bits per heavy atom. The van der Waals surface area contributed by atoms with Crippen molar-refractivity contribution in [3.63, 3.8) is 0 Å². The van der Waals surface area contributed by atoms with Crippen LogP contribution < -0.4 is 15.4 Å². The van der Waals surface area contributed by atoms with Gasteiger partial charge in [0.05, 0.1) is 18.1 Å². The maximum Gasteiger partial charge on any atom is 0.315 e. The number of halogens is 1. The van der Waals surface area contributed by atoms with Crippen LogP contribution >= 0.6 is 11.6 Å². The minimum Gasteiger partial charge on any atom is -0.494 e. The van der Waals surface area contributed by atoms with Crippen molar-refractivity contribution in [2.75, 3.05) is 24.7 Å². The molecule has 0 spiro atoms. The van der Waals surface area contributed by atoms with Crippen molar-refractivity contribution in [3.05, 3.63) is 63.8 Å². The quantitative estimate of drug-likeness (QED) is 0.186. The lowest BCUT2D eigenvalue weighted by molar-refractivity contribution is 0.101. The second kappa shape index (κ2) is 13.5. The van der Waals surface area contributed by atoms with Crippen LogP contribution in [-0.2, 0) is 16.3 Å². The minimum absolute atomic E-state index is 0.0469. The first-order valence-corrected chi connectivity index (χ1v) is 16.1. The molecule has 0 bridgehead atoms. The zero-order valence-electron chi connectivity index (χ0n) is 23.1. The number of aromatic nitrogens is 1. The average molecular weight is 588 g/mol. The number of carbonyl (C=O) groups is 2. The van der Waals surface area contributed by atoms with Gasteiger partial charge in [-0.25, -0.2) is 13.2 Å². The molecule has 4 rings (SSSR count). The molecule has 3 N–H and O–H groups in total. The largest absolute Gasteiger partial charge is 0.494 e. The first-order chi connectivity index (χ1) is 19.1. The highest BCUT2D eigenvalue weighted by Gasteiger charge is 2.24. The lowest BCUT2D eigenvalue weighted by Gasteiger charge is -2.22. The molecule has 1 heterocycles. The maximum atomic E-state index is 13.2. The fraction of sp³-hybridized carbons (Fsp3) is 0.467. The van der Waals surface area contributed by atoms with Gasteiger partial charge in [-0.3, -0.25) is 4.79 Å². The first kappa shape index (κ1) is 29.9. The van der Waals surface area contributed by atoms with Crippen molar-refractivity contribution < 1.29 is 22.7 Å². The number of benzene rings is 2. The average Bonchev–Trinajstić information content (AvgIpc) is 3.28. The second-order valence-electron chi connectivity index (χ2n) is 10.6. The number of urea groups is 1. The topological polar surface area (TPSA) is 117 Å². The van der Waals surface area contributed by atoms with Gasteiger partial charge in [0.2, 0.25) is 0 Å². The third-order valence-corrected chi connectivity index (χ3v) is 9.46. The summed E-state index contributed by atoms with van der Waals surface area (Å²) in [7, 11) is -3.73. The number of para-hydroxylation sites is 1. The Hall–Kier alpha value is -3.04. The number of fused-ring (bicyclic) bond motifs is 1. The summed E-state index contributed by atoms with van der Waals surface area (Å²) in [6, 6.07) is 11.1. The van der Waals surface area contributed by atoms with Gasteiger partial charge >= 0.3 is 6.03 Å². The van der Waals surface area contributed by atoms with Crippen LogP contribution in [0.5, 0.6) is 5.75 Å². The molecule has 1 aliphatic carbocycles. The molecule has 0 atom stereocenters. The maximum absolute atomic E-state index is 13.2. The monoisotopic (exact) mass is 587 g/mol. The van der Waals surface area contributed by atoms with E-state index in [0.29, 0.717) is 25.1 Å². The third kappa shape index (κ3) is 8.01. The van der Waals surface area contributed by atoms with Gasteiger partial charge in [0.15, 0.2) is 15.6 Å². The molecule has 3 aromatic rings. The van der Waals surface area contributed by atoms with E-state index in [1.54, 1.807) is 0 Å². The molecule has 1 fully saturated rings. The number of ketones is 1. The van der Waals surface area contributed by atoms with E-state index in [-0.39, 0.29) is 24.4 Å². The van der Waals surface area contributed by atoms with E-state index in [1.807, 2.05) is 50.2 Å². The predicted octanol–water partition coefficient (Wildman–Crippen LogP) is 5.68. The number of carbonyl (C=O) groups excluding carboxylic acids is 2. The number of Topliss-reactive ketones (excluding diaryl/α,β-unsaturated/α-hetero) is 1. The number of ether oxygens (including phenoxy) is 1. The molecule has 2 amide bonds. The van der Waals surface area contributed by atoms with Crippen molar-refractivity contribution in [3.8, 4) is 5.75 Å². The molecular formula is C30H38ClN3O5S. The number of nitrogens with one attached hydrogen (secondary N) is 3. The Balaban J connectivity index is 1.34. The molecule has 8 nitrogen and oxygen atoms in total. The normalized spacial score (nSPS) is 14.3. The van der Waals surface area contributed by atoms with Crippen LogP contribution in [0.15, 0.2) is 36.4 Å². The Kier molecular flexibility index (Phi) is 10.1. The van der Waals surface area contributed by atoms with Crippen molar-refractivity contribution in [1.82, 2.24) is 15.6 Å². The number of rotatable bonds is 12. The molecular weight excluding hydrogens is 550 g/mol. The smallest absolute Gasteiger partial charge is 0.315 e. The third-order valence-electron chi connectivity index (χ3n) is 7.33. The summed E-state index contributed by atoms with van der Waals surface area (Å²) in [4.78, 5) is 28.5. The van der Waals surface area contributed by atoms with Crippen LogP contribution in [-0.4, -0.2) is 55.9 Å². The summed E-state index contributed by atoms with van der Waals surface area (Å²) in [5, 5.41) is 7.14. The molecule has 10 heteroatoms. The van der Waals surface area contributed by atoms with Crippen LogP contribution in [0.3, 0.4) is 0 Å². The van der Waals surface area contributed by atoms with E-state index in [4.69, 9.17) is 16.3 Å². The highest BCUT2D eigenvalue weighted by Crippen LogP contribution is 2.27. The zero-order chi connectivity index (χ0) is 28.7. The van der Waals surface area contributed by atoms with E-state index in [0.717, 1.165) is 64.0 Å². The van der Waals surface area contributed by atoms with E-state index >= 15 is 0 Å². The molecule has 216 valence electrons. The molecule has 2 aromatic carbocycles. The summed E-state index contributed by atoms with van der Waals surface area (Å²) in [5.74, 6) is -0.678. The number of hydrogen-bond donors (Lipinski definition) is 3. The standard InChI is InChI=1S/C30H38ClN3O5S/c1-20-17-23(18-21(2)28(20)31)39-15-8-12-25-24-11-6-7-13-26(24)34-29(25)27(35)19-40(37,38)16-14-32-30(36)33-22-9-4-3-5-10-22/h6-7,11,13,17-18,22,34H,3-5,8-10,12,14-16,19H2,1-2H3,(H2,32,33,36). The summed E-state index contributed by atoms with van der Waals surface area (Å²) in [6.45, 7) is 4.25. The Bertz CT molecular complexity index is 1440. The van der Waals surface area contributed by atoms with E-state index < -0.39 is 21.4 Å². The van der Waals surface area contributed by atoms with Gasteiger partial charge in [0, 0.05) is 28.5 Å². The fourth-order valence-corrected chi connectivity index (χ4v) is 6.48. The van der Waals surface area contributed by atoms with E-state index in [2.05, 4.69) is 15.6 Å². The lowest BCUT2D eigenvalue weighted by Crippen LogP contribution is -2.44. The van der Waals surface area contributed by atoms with Crippen LogP contribution in [0.25, 0.3) is 10.9 Å². The van der Waals surface area contributed by atoms with Crippen LogP contribution in [0, 0.1) is 13.8 Å². The zero-order valence-corrected chi connectivity index (χ0v) is 24.7. The number of aryl methyl sites for hydroxylation is 3. The molecule has 1 saturated carbocycles. The van der Waals surface area contributed by atoms with Crippen LogP contribution in [0.2, 0.25) is 5.02 Å². The van der Waals surface area contributed by atoms with Gasteiger partial charge in [0.1, 0.15) is 11.5 Å². The summed E-state index contributed by atoms with van der Waals surface area (Å²) >= 11 is 6.25. The Morgan fingerprint density at radius 2 is 1.77 bits per heavy atom. The van der Waals surface area contributed by atoms with Crippen molar-refractivity contribution in [2.45, 2.75) is 64.8 Å². The van der Waals surface area contributed by atoms with Crippen LogP contribution in [0.1, 0.15) is 65.7 Å². The van der Waals surface area contributed by atoms with Gasteiger partial charge in [-0.15, -0.1) is 0 Å². The predicted molar refractivity (Wildman–Crippen MR) is 159 cm³/mol. The van der Waals surface area contributed by atoms with Crippen molar-refractivity contribution in [2.24, 2.45) is 0 Å². The summed E-state index contributed by atoms with van der Waals surface area (Å²) < 4.78 is 31.5. The Morgan fingerprint density at radius 3 is 2.50 bits per heavy atom. The van der Waals surface area contributed by atoms with Crippen molar-refractivity contribution >= 4 is 44.2 Å². The van der Waals surface area contributed by atoms with Gasteiger partial charge in [-0.2, -0.15) is 0 Å². The summed E-state index contributed by atoms with van der Waals surface area (Å²) in [5.41, 5.74) is 3.77. The molecule has 1 aromatic heterocycles. The summed E-state index contributed by atoms with van der Waals surface area (Å²) in [6.07, 6.45) is 6.42. The first-order valence-electron chi connectivity index (χ1n) is 13.9. The van der Waals surface area contributed by atoms with Gasteiger partial charge in [-0.05, 0) is 74.4 Å². The van der Waals surface area contributed by atoms with Gasteiger partial charge < -0.3 is 20.4 Å². The van der Waals surface area contributed by atoms with Crippen LogP contribution in [0.4, 0.5) is 4.79 Å². The SMILES string of the molecule is Cc1cc(OCCCc2c(C(=O)CS(=O)(=O)CCNC(=O)NC3CCCCC3)[nH]c3ccccc23)cc(C)c1Cl. The number of aromatic amines is 1. The minimum atomic E-state index is -3.73. The second-order valence-corrected chi connectivity index (χ2v) is 13.2. The highest BCUT2D eigenvalue weighted by atomic mass is 35.5. The molecule has 0 unspecified atom stereocenters. The molecule has 0 saturated heterocycles. The number of sulfone groups is 1. The Labute approximate surface area is 241 Å². The van der Waals surface area contributed by atoms with Crippen molar-refractivity contribution in [1.29, 1.82) is 0 Å². The molecule has 40 heavy (non-hydrogen) atoms.